The number of thioether (sulfide) groups is 1. The van der Waals surface area contributed by atoms with Crippen molar-refractivity contribution in [2.45, 2.75) is 16.6 Å². The maximum atomic E-state index is 9.18. The first kappa shape index (κ1) is 11.4. The van der Waals surface area contributed by atoms with Crippen molar-refractivity contribution in [1.82, 2.24) is 0 Å². The summed E-state index contributed by atoms with van der Waals surface area (Å²) in [7, 11) is 0. The SMILES string of the molecule is ON=C1CC(c2ccccc2)Sc2ccccc21. The van der Waals surface area contributed by atoms with Crippen LogP contribution < -0.4 is 0 Å². The van der Waals surface area contributed by atoms with E-state index in [4.69, 9.17) is 0 Å². The predicted octanol–water partition coefficient (Wildman–Crippen LogP) is 4.10. The molecular formula is C15H13NOS. The second-order valence-electron chi connectivity index (χ2n) is 4.26. The molecule has 0 aromatic heterocycles. The van der Waals surface area contributed by atoms with Gasteiger partial charge in [-0.05, 0) is 11.6 Å². The fourth-order valence-electron chi connectivity index (χ4n) is 2.24. The molecule has 1 atom stereocenters. The minimum absolute atomic E-state index is 0.326. The Balaban J connectivity index is 2.00. The van der Waals surface area contributed by atoms with Gasteiger partial charge in [0.1, 0.15) is 0 Å². The maximum Gasteiger partial charge on any atom is 0.0893 e. The molecule has 2 aromatic rings. The van der Waals surface area contributed by atoms with Gasteiger partial charge in [-0.2, -0.15) is 0 Å². The molecule has 0 saturated carbocycles. The van der Waals surface area contributed by atoms with Crippen LogP contribution in [-0.2, 0) is 0 Å². The molecule has 2 aromatic carbocycles. The molecular weight excluding hydrogens is 242 g/mol. The van der Waals surface area contributed by atoms with Crippen LogP contribution >= 0.6 is 11.8 Å². The van der Waals surface area contributed by atoms with Gasteiger partial charge in [-0.3, -0.25) is 0 Å². The summed E-state index contributed by atoms with van der Waals surface area (Å²) in [5.74, 6) is 0. The van der Waals surface area contributed by atoms with Crippen LogP contribution in [-0.4, -0.2) is 10.9 Å². The largest absolute Gasteiger partial charge is 0.411 e. The number of benzene rings is 2. The first-order valence-electron chi connectivity index (χ1n) is 5.90. The average Bonchev–Trinajstić information content (AvgIpc) is 2.47. The fourth-order valence-corrected chi connectivity index (χ4v) is 3.55. The molecule has 0 bridgehead atoms. The van der Waals surface area contributed by atoms with Crippen molar-refractivity contribution in [3.8, 4) is 0 Å². The van der Waals surface area contributed by atoms with Crippen LogP contribution in [0.3, 0.4) is 0 Å². The van der Waals surface area contributed by atoms with Crippen molar-refractivity contribution in [2.75, 3.05) is 0 Å². The Kier molecular flexibility index (Phi) is 3.07. The summed E-state index contributed by atoms with van der Waals surface area (Å²) in [4.78, 5) is 1.19. The van der Waals surface area contributed by atoms with Crippen LogP contribution in [0.25, 0.3) is 0 Å². The Morgan fingerprint density at radius 2 is 1.72 bits per heavy atom. The Morgan fingerprint density at radius 1 is 1.00 bits per heavy atom. The third-order valence-corrected chi connectivity index (χ3v) is 4.47. The second-order valence-corrected chi connectivity index (χ2v) is 5.51. The van der Waals surface area contributed by atoms with Crippen LogP contribution in [0.5, 0.6) is 0 Å². The molecule has 1 aliphatic rings. The number of hydrogen-bond acceptors (Lipinski definition) is 3. The molecule has 3 rings (SSSR count). The summed E-state index contributed by atoms with van der Waals surface area (Å²) in [6.45, 7) is 0. The highest BCUT2D eigenvalue weighted by Crippen LogP contribution is 2.44. The maximum absolute atomic E-state index is 9.18. The van der Waals surface area contributed by atoms with Gasteiger partial charge in [-0.25, -0.2) is 0 Å². The summed E-state index contributed by atoms with van der Waals surface area (Å²) in [6.07, 6.45) is 0.766. The lowest BCUT2D eigenvalue weighted by molar-refractivity contribution is 0.317. The quantitative estimate of drug-likeness (QED) is 0.614. The molecule has 1 heterocycles. The van der Waals surface area contributed by atoms with E-state index in [1.165, 1.54) is 10.5 Å². The first-order valence-corrected chi connectivity index (χ1v) is 6.78. The molecule has 0 fully saturated rings. The minimum Gasteiger partial charge on any atom is -0.411 e. The van der Waals surface area contributed by atoms with Gasteiger partial charge >= 0.3 is 0 Å². The molecule has 0 spiro atoms. The highest BCUT2D eigenvalue weighted by atomic mass is 32.2. The van der Waals surface area contributed by atoms with E-state index < -0.39 is 0 Å². The Hall–Kier alpha value is -1.74. The number of nitrogens with zero attached hydrogens (tertiary/aromatic N) is 1. The first-order chi connectivity index (χ1) is 8.88. The molecule has 1 unspecified atom stereocenters. The van der Waals surface area contributed by atoms with Gasteiger partial charge in [0.2, 0.25) is 0 Å². The van der Waals surface area contributed by atoms with E-state index in [1.807, 2.05) is 48.2 Å². The van der Waals surface area contributed by atoms with Crippen LogP contribution in [0, 0.1) is 0 Å². The molecule has 18 heavy (non-hydrogen) atoms. The van der Waals surface area contributed by atoms with Crippen molar-refractivity contribution in [2.24, 2.45) is 5.16 Å². The minimum atomic E-state index is 0.326. The number of rotatable bonds is 1. The average molecular weight is 255 g/mol. The highest BCUT2D eigenvalue weighted by molar-refractivity contribution is 7.99. The van der Waals surface area contributed by atoms with Gasteiger partial charge in [0.05, 0.1) is 5.71 Å². The van der Waals surface area contributed by atoms with Gasteiger partial charge in [-0.15, -0.1) is 11.8 Å². The summed E-state index contributed by atoms with van der Waals surface area (Å²) in [5.41, 5.74) is 3.11. The number of fused-ring (bicyclic) bond motifs is 1. The molecule has 0 amide bonds. The zero-order valence-electron chi connectivity index (χ0n) is 9.78. The molecule has 0 saturated heterocycles. The summed E-state index contributed by atoms with van der Waals surface area (Å²) >= 11 is 1.84. The van der Waals surface area contributed by atoms with Crippen LogP contribution in [0.1, 0.15) is 22.8 Å². The third kappa shape index (κ3) is 2.02. The fraction of sp³-hybridized carbons (Fsp3) is 0.133. The zero-order valence-corrected chi connectivity index (χ0v) is 10.6. The van der Waals surface area contributed by atoms with Gasteiger partial charge in [-0.1, -0.05) is 53.7 Å². The number of oxime groups is 1. The van der Waals surface area contributed by atoms with E-state index in [-0.39, 0.29) is 0 Å². The van der Waals surface area contributed by atoms with Crippen LogP contribution in [0.2, 0.25) is 0 Å². The summed E-state index contributed by atoms with van der Waals surface area (Å²) in [6, 6.07) is 18.5. The van der Waals surface area contributed by atoms with Crippen LogP contribution in [0.15, 0.2) is 64.6 Å². The Morgan fingerprint density at radius 3 is 2.50 bits per heavy atom. The topological polar surface area (TPSA) is 32.6 Å². The highest BCUT2D eigenvalue weighted by Gasteiger charge is 2.25. The molecule has 90 valence electrons. The van der Waals surface area contributed by atoms with E-state index in [9.17, 15) is 5.21 Å². The molecule has 1 aliphatic heterocycles. The Bertz CT molecular complexity index is 580. The second kappa shape index (κ2) is 4.86. The van der Waals surface area contributed by atoms with E-state index in [0.29, 0.717) is 5.25 Å². The normalized spacial score (nSPS) is 20.7. The Labute approximate surface area is 110 Å². The lowest BCUT2D eigenvalue weighted by Crippen LogP contribution is -2.13. The molecule has 1 N–H and O–H groups in total. The van der Waals surface area contributed by atoms with E-state index >= 15 is 0 Å². The lowest BCUT2D eigenvalue weighted by Gasteiger charge is -2.24. The molecule has 0 aliphatic carbocycles. The van der Waals surface area contributed by atoms with E-state index in [2.05, 4.69) is 23.4 Å². The van der Waals surface area contributed by atoms with Crippen molar-refractivity contribution in [1.29, 1.82) is 0 Å². The van der Waals surface area contributed by atoms with Crippen molar-refractivity contribution in [3.63, 3.8) is 0 Å². The molecule has 0 radical (unpaired) electrons. The van der Waals surface area contributed by atoms with E-state index in [1.54, 1.807) is 0 Å². The monoisotopic (exact) mass is 255 g/mol. The van der Waals surface area contributed by atoms with Crippen molar-refractivity contribution < 1.29 is 5.21 Å². The predicted molar refractivity (Wildman–Crippen MR) is 74.4 cm³/mol. The summed E-state index contributed by atoms with van der Waals surface area (Å²) < 4.78 is 0. The third-order valence-electron chi connectivity index (χ3n) is 3.14. The van der Waals surface area contributed by atoms with Gasteiger partial charge in [0.25, 0.3) is 0 Å². The van der Waals surface area contributed by atoms with Gasteiger partial charge in [0.15, 0.2) is 0 Å². The standard InChI is InChI=1S/C15H13NOS/c17-16-13-10-15(11-6-2-1-3-7-11)18-14-9-5-4-8-12(13)14/h1-9,15,17H,10H2. The van der Waals surface area contributed by atoms with Gasteiger partial charge in [0, 0.05) is 22.1 Å². The van der Waals surface area contributed by atoms with Crippen molar-refractivity contribution >= 4 is 17.5 Å². The molecule has 3 heteroatoms. The lowest BCUT2D eigenvalue weighted by atomic mass is 10.0. The zero-order chi connectivity index (χ0) is 12.4. The van der Waals surface area contributed by atoms with Crippen molar-refractivity contribution in [3.05, 3.63) is 65.7 Å². The smallest absolute Gasteiger partial charge is 0.0893 e. The van der Waals surface area contributed by atoms with E-state index in [0.717, 1.165) is 17.7 Å². The number of hydrogen-bond donors (Lipinski definition) is 1. The summed E-state index contributed by atoms with van der Waals surface area (Å²) in [5, 5.41) is 13.0. The van der Waals surface area contributed by atoms with Crippen LogP contribution in [0.4, 0.5) is 0 Å². The molecule has 2 nitrogen and oxygen atoms in total. The van der Waals surface area contributed by atoms with Gasteiger partial charge < -0.3 is 5.21 Å².